The van der Waals surface area contributed by atoms with Crippen molar-refractivity contribution in [1.29, 1.82) is 0 Å². The molecule has 0 amide bonds. The van der Waals surface area contributed by atoms with Crippen molar-refractivity contribution in [1.82, 2.24) is 9.88 Å². The Morgan fingerprint density at radius 2 is 1.87 bits per heavy atom. The first-order chi connectivity index (χ1) is 14.6. The first kappa shape index (κ1) is 26.1. The molecule has 2 aromatic rings. The number of alkyl halides is 3. The van der Waals surface area contributed by atoms with Crippen molar-refractivity contribution in [2.75, 3.05) is 26.0 Å². The first-order valence-electron chi connectivity index (χ1n) is 9.67. The molecule has 9 heteroatoms. The third kappa shape index (κ3) is 9.17. The van der Waals surface area contributed by atoms with E-state index in [9.17, 15) is 22.8 Å². The van der Waals surface area contributed by atoms with Crippen LogP contribution in [0.3, 0.4) is 0 Å². The lowest BCUT2D eigenvalue weighted by molar-refractivity contribution is -0.153. The number of ether oxygens (including phenoxy) is 1. The van der Waals surface area contributed by atoms with E-state index in [0.29, 0.717) is 36.5 Å². The summed E-state index contributed by atoms with van der Waals surface area (Å²) in [5, 5.41) is 2.98. The van der Waals surface area contributed by atoms with Crippen LogP contribution >= 0.6 is 0 Å². The highest BCUT2D eigenvalue weighted by Gasteiger charge is 2.28. The zero-order valence-electron chi connectivity index (χ0n) is 18.1. The Balaban J connectivity index is 0.00000110. The van der Waals surface area contributed by atoms with E-state index in [1.807, 2.05) is 18.9 Å². The molecule has 0 bridgehead atoms. The lowest BCUT2D eigenvalue weighted by atomic mass is 10.1. The zero-order valence-corrected chi connectivity index (χ0v) is 18.1. The summed E-state index contributed by atoms with van der Waals surface area (Å²) in [4.78, 5) is 26.7. The number of nitrogens with one attached hydrogen (secondary N) is 1. The largest absolute Gasteiger partial charge is 0.484 e. The van der Waals surface area contributed by atoms with Gasteiger partial charge < -0.3 is 14.8 Å². The molecule has 0 unspecified atom stereocenters. The van der Waals surface area contributed by atoms with E-state index in [0.717, 1.165) is 23.7 Å². The van der Waals surface area contributed by atoms with Crippen molar-refractivity contribution in [2.24, 2.45) is 0 Å². The number of aromatic nitrogens is 1. The molecule has 0 saturated heterocycles. The fourth-order valence-corrected chi connectivity index (χ4v) is 2.77. The van der Waals surface area contributed by atoms with Gasteiger partial charge in [-0.25, -0.2) is 4.98 Å². The van der Waals surface area contributed by atoms with E-state index in [1.54, 1.807) is 44.4 Å². The maximum Gasteiger partial charge on any atom is 0.422 e. The van der Waals surface area contributed by atoms with Gasteiger partial charge in [-0.2, -0.15) is 13.2 Å². The normalized spacial score (nSPS) is 10.8. The summed E-state index contributed by atoms with van der Waals surface area (Å²) in [5.41, 5.74) is 2.92. The molecular formula is C22H28F3N3O3. The third-order valence-electron chi connectivity index (χ3n) is 4.13. The van der Waals surface area contributed by atoms with Gasteiger partial charge in [0.05, 0.1) is 0 Å². The van der Waals surface area contributed by atoms with Gasteiger partial charge in [-0.3, -0.25) is 9.69 Å². The number of pyridine rings is 1. The Labute approximate surface area is 180 Å². The van der Waals surface area contributed by atoms with Crippen molar-refractivity contribution in [2.45, 2.75) is 39.5 Å². The molecule has 1 aromatic heterocycles. The molecule has 0 spiro atoms. The number of aryl methyl sites for hydroxylation is 1. The van der Waals surface area contributed by atoms with Gasteiger partial charge in [0.15, 0.2) is 12.9 Å². The number of rotatable bonds is 9. The van der Waals surface area contributed by atoms with E-state index in [2.05, 4.69) is 10.3 Å². The molecule has 0 fully saturated rings. The average Bonchev–Trinajstić information content (AvgIpc) is 2.72. The van der Waals surface area contributed by atoms with Crippen LogP contribution in [-0.4, -0.2) is 49.3 Å². The number of aldehydes is 2. The summed E-state index contributed by atoms with van der Waals surface area (Å²) < 4.78 is 41.7. The molecule has 1 aromatic carbocycles. The van der Waals surface area contributed by atoms with Gasteiger partial charge in [0, 0.05) is 43.9 Å². The van der Waals surface area contributed by atoms with E-state index in [1.165, 1.54) is 0 Å². The van der Waals surface area contributed by atoms with Crippen LogP contribution < -0.4 is 10.1 Å². The van der Waals surface area contributed by atoms with Crippen molar-refractivity contribution in [3.05, 3.63) is 52.7 Å². The van der Waals surface area contributed by atoms with Crippen LogP contribution in [0, 0.1) is 6.92 Å². The summed E-state index contributed by atoms with van der Waals surface area (Å²) >= 11 is 0. The molecule has 0 atom stereocenters. The molecule has 6 nitrogen and oxygen atoms in total. The summed E-state index contributed by atoms with van der Waals surface area (Å²) in [6, 6.07) is 6.74. The number of carbonyl (C=O) groups is 2. The second-order valence-electron chi connectivity index (χ2n) is 6.85. The lowest BCUT2D eigenvalue weighted by Gasteiger charge is -2.20. The zero-order chi connectivity index (χ0) is 23.4. The van der Waals surface area contributed by atoms with Crippen molar-refractivity contribution < 1.29 is 27.5 Å². The molecule has 0 saturated carbocycles. The Kier molecular flexibility index (Phi) is 10.7. The number of hydrogen-bond acceptors (Lipinski definition) is 6. The Bertz CT molecular complexity index is 858. The van der Waals surface area contributed by atoms with E-state index in [-0.39, 0.29) is 5.75 Å². The average molecular weight is 439 g/mol. The van der Waals surface area contributed by atoms with Crippen LogP contribution in [0.25, 0.3) is 0 Å². The molecule has 0 aliphatic rings. The monoisotopic (exact) mass is 439 g/mol. The number of benzene rings is 1. The van der Waals surface area contributed by atoms with Crippen LogP contribution in [0.4, 0.5) is 19.0 Å². The summed E-state index contributed by atoms with van der Waals surface area (Å²) in [6.45, 7) is 3.25. The maximum atomic E-state index is 12.3. The highest BCUT2D eigenvalue weighted by atomic mass is 19.4. The first-order valence-corrected chi connectivity index (χ1v) is 9.67. The molecule has 0 radical (unpaired) electrons. The second-order valence-corrected chi connectivity index (χ2v) is 6.85. The Hall–Kier alpha value is -2.94. The van der Waals surface area contributed by atoms with Crippen LogP contribution in [0.1, 0.15) is 40.4 Å². The Morgan fingerprint density at radius 3 is 2.39 bits per heavy atom. The Morgan fingerprint density at radius 1 is 1.19 bits per heavy atom. The highest BCUT2D eigenvalue weighted by Crippen LogP contribution is 2.24. The topological polar surface area (TPSA) is 71.5 Å². The molecule has 0 aliphatic carbocycles. The van der Waals surface area contributed by atoms with Crippen molar-refractivity contribution in [3.8, 4) is 5.75 Å². The lowest BCUT2D eigenvalue weighted by Crippen LogP contribution is -2.20. The highest BCUT2D eigenvalue weighted by molar-refractivity contribution is 5.79. The van der Waals surface area contributed by atoms with E-state index in [4.69, 9.17) is 4.74 Å². The van der Waals surface area contributed by atoms with Crippen LogP contribution in [-0.2, 0) is 17.9 Å². The minimum Gasteiger partial charge on any atom is -0.484 e. The molecule has 170 valence electrons. The minimum absolute atomic E-state index is 0.215. The number of hydrogen-bond donors (Lipinski definition) is 1. The molecule has 1 heterocycles. The maximum absolute atomic E-state index is 12.3. The van der Waals surface area contributed by atoms with Gasteiger partial charge in [-0.1, -0.05) is 19.1 Å². The summed E-state index contributed by atoms with van der Waals surface area (Å²) in [6.07, 6.45) is -0.485. The fourth-order valence-electron chi connectivity index (χ4n) is 2.77. The summed E-state index contributed by atoms with van der Waals surface area (Å²) in [5.74, 6) is 0.852. The van der Waals surface area contributed by atoms with Gasteiger partial charge >= 0.3 is 6.18 Å². The van der Waals surface area contributed by atoms with Crippen LogP contribution in [0.5, 0.6) is 5.75 Å². The summed E-state index contributed by atoms with van der Waals surface area (Å²) in [7, 11) is 3.63. The van der Waals surface area contributed by atoms with Crippen LogP contribution in [0.15, 0.2) is 30.5 Å². The van der Waals surface area contributed by atoms with Gasteiger partial charge in [-0.15, -0.1) is 0 Å². The third-order valence-corrected chi connectivity index (χ3v) is 4.13. The SMILES string of the molecule is CCC=O.CNc1nccc(C=O)c1CN(C)Cc1ccc(OCC(F)(F)F)c(C)c1. The number of carbonyl (C=O) groups excluding carboxylic acids is 2. The van der Waals surface area contributed by atoms with E-state index < -0.39 is 12.8 Å². The number of nitrogens with zero attached hydrogens (tertiary/aromatic N) is 2. The van der Waals surface area contributed by atoms with Gasteiger partial charge in [0.25, 0.3) is 0 Å². The molecule has 0 aliphatic heterocycles. The minimum atomic E-state index is -4.36. The predicted octanol–water partition coefficient (Wildman–Crippen LogP) is 4.41. The van der Waals surface area contributed by atoms with Crippen molar-refractivity contribution in [3.63, 3.8) is 0 Å². The predicted molar refractivity (Wildman–Crippen MR) is 113 cm³/mol. The molecule has 1 N–H and O–H groups in total. The van der Waals surface area contributed by atoms with Crippen LogP contribution in [0.2, 0.25) is 0 Å². The second kappa shape index (κ2) is 12.7. The fraction of sp³-hybridized carbons (Fsp3) is 0.409. The van der Waals surface area contributed by atoms with Gasteiger partial charge in [0.2, 0.25) is 0 Å². The van der Waals surface area contributed by atoms with Gasteiger partial charge in [-0.05, 0) is 37.2 Å². The molecular weight excluding hydrogens is 411 g/mol. The van der Waals surface area contributed by atoms with Gasteiger partial charge in [0.1, 0.15) is 17.9 Å². The molecule has 2 rings (SSSR count). The quantitative estimate of drug-likeness (QED) is 0.584. The smallest absolute Gasteiger partial charge is 0.422 e. The molecule has 31 heavy (non-hydrogen) atoms. The van der Waals surface area contributed by atoms with Crippen molar-refractivity contribution >= 4 is 18.4 Å². The standard InChI is InChI=1S/C19H22F3N3O2.C3H6O/c1-13-8-14(4-5-17(13)27-12-19(20,21)22)9-25(3)10-16-15(11-26)6-7-24-18(16)23-2;1-2-3-4/h4-8,11H,9-10,12H2,1-3H3,(H,23,24);3H,2H2,1H3. The number of halogens is 3. The van der Waals surface area contributed by atoms with E-state index >= 15 is 0 Å². The number of anilines is 1.